The summed E-state index contributed by atoms with van der Waals surface area (Å²) >= 11 is 0. The highest BCUT2D eigenvalue weighted by Crippen LogP contribution is 2.30. The van der Waals surface area contributed by atoms with Crippen molar-refractivity contribution in [2.24, 2.45) is 5.41 Å². The van der Waals surface area contributed by atoms with Gasteiger partial charge in [-0.05, 0) is 23.5 Å². The van der Waals surface area contributed by atoms with Gasteiger partial charge in [0.25, 0.3) is 0 Å². The van der Waals surface area contributed by atoms with E-state index in [0.29, 0.717) is 5.92 Å². The Morgan fingerprint density at radius 2 is 1.89 bits per heavy atom. The molecule has 2 heteroatoms. The molecule has 0 aliphatic carbocycles. The summed E-state index contributed by atoms with van der Waals surface area (Å²) in [6.45, 7) is 11.7. The number of likely N-dealkylation sites (tertiary alicyclic amines) is 1. The first kappa shape index (κ1) is 14.5. The fourth-order valence-electron chi connectivity index (χ4n) is 2.86. The van der Waals surface area contributed by atoms with Crippen molar-refractivity contribution in [1.29, 1.82) is 0 Å². The van der Waals surface area contributed by atoms with Crippen LogP contribution in [0.5, 0.6) is 0 Å². The number of benzene rings is 1. The highest BCUT2D eigenvalue weighted by Gasteiger charge is 2.34. The van der Waals surface area contributed by atoms with Gasteiger partial charge in [0.1, 0.15) is 0 Å². The van der Waals surface area contributed by atoms with Crippen molar-refractivity contribution in [3.63, 3.8) is 0 Å². The van der Waals surface area contributed by atoms with Crippen molar-refractivity contribution < 1.29 is 5.11 Å². The van der Waals surface area contributed by atoms with Crippen LogP contribution in [0.25, 0.3) is 0 Å². The van der Waals surface area contributed by atoms with Gasteiger partial charge >= 0.3 is 0 Å². The monoisotopic (exact) mass is 261 g/mol. The van der Waals surface area contributed by atoms with E-state index in [1.807, 2.05) is 0 Å². The summed E-state index contributed by atoms with van der Waals surface area (Å²) in [5.74, 6) is 0.595. The molecule has 1 aliphatic rings. The summed E-state index contributed by atoms with van der Waals surface area (Å²) in [6, 6.07) is 8.97. The molecule has 1 atom stereocenters. The lowest BCUT2D eigenvalue weighted by atomic mass is 9.81. The number of rotatable bonds is 3. The van der Waals surface area contributed by atoms with E-state index in [9.17, 15) is 5.11 Å². The first-order valence-corrected chi connectivity index (χ1v) is 7.38. The highest BCUT2D eigenvalue weighted by molar-refractivity contribution is 5.24. The van der Waals surface area contributed by atoms with Gasteiger partial charge in [0.05, 0.1) is 6.10 Å². The molecule has 106 valence electrons. The van der Waals surface area contributed by atoms with Crippen LogP contribution < -0.4 is 0 Å². The zero-order chi connectivity index (χ0) is 14.0. The third-order valence-electron chi connectivity index (χ3n) is 4.30. The molecule has 2 nitrogen and oxygen atoms in total. The zero-order valence-electron chi connectivity index (χ0n) is 12.7. The Labute approximate surface area is 117 Å². The van der Waals surface area contributed by atoms with Crippen molar-refractivity contribution in [1.82, 2.24) is 4.90 Å². The first-order chi connectivity index (χ1) is 8.88. The van der Waals surface area contributed by atoms with Gasteiger partial charge in [-0.2, -0.15) is 0 Å². The van der Waals surface area contributed by atoms with Crippen LogP contribution in [0.15, 0.2) is 24.3 Å². The van der Waals surface area contributed by atoms with Crippen LogP contribution in [0.4, 0.5) is 0 Å². The fourth-order valence-corrected chi connectivity index (χ4v) is 2.86. The molecule has 1 aromatic rings. The summed E-state index contributed by atoms with van der Waals surface area (Å²) < 4.78 is 0. The Bertz CT molecular complexity index is 408. The zero-order valence-corrected chi connectivity index (χ0v) is 12.7. The first-order valence-electron chi connectivity index (χ1n) is 7.38. The standard InChI is InChI=1S/C17H27NO/c1-13(2)15-7-5-14(6-8-15)11-18-10-9-16(19)17(3,4)12-18/h5-8,13,16,19H,9-12H2,1-4H3. The van der Waals surface area contributed by atoms with Gasteiger partial charge in [-0.3, -0.25) is 4.90 Å². The van der Waals surface area contributed by atoms with Gasteiger partial charge in [-0.15, -0.1) is 0 Å². The van der Waals surface area contributed by atoms with E-state index in [1.165, 1.54) is 11.1 Å². The van der Waals surface area contributed by atoms with Crippen molar-refractivity contribution in [2.45, 2.75) is 52.7 Å². The van der Waals surface area contributed by atoms with Gasteiger partial charge in [0.15, 0.2) is 0 Å². The smallest absolute Gasteiger partial charge is 0.0615 e. The normalized spacial score (nSPS) is 23.8. The molecule has 2 rings (SSSR count). The van der Waals surface area contributed by atoms with E-state index in [-0.39, 0.29) is 11.5 Å². The Morgan fingerprint density at radius 3 is 2.42 bits per heavy atom. The number of hydrogen-bond donors (Lipinski definition) is 1. The molecule has 0 bridgehead atoms. The summed E-state index contributed by atoms with van der Waals surface area (Å²) in [5, 5.41) is 9.99. The lowest BCUT2D eigenvalue weighted by Crippen LogP contribution is -2.48. The molecule has 1 aliphatic heterocycles. The second-order valence-electron chi connectivity index (χ2n) is 6.90. The van der Waals surface area contributed by atoms with Crippen molar-refractivity contribution in [2.75, 3.05) is 13.1 Å². The molecule has 19 heavy (non-hydrogen) atoms. The molecule has 0 saturated carbocycles. The predicted octanol–water partition coefficient (Wildman–Crippen LogP) is 3.40. The topological polar surface area (TPSA) is 23.5 Å². The van der Waals surface area contributed by atoms with Crippen molar-refractivity contribution in [3.05, 3.63) is 35.4 Å². The molecular weight excluding hydrogens is 234 g/mol. The largest absolute Gasteiger partial charge is 0.392 e. The fraction of sp³-hybridized carbons (Fsp3) is 0.647. The van der Waals surface area contributed by atoms with E-state index in [0.717, 1.165) is 26.1 Å². The number of aliphatic hydroxyl groups excluding tert-OH is 1. The molecule has 1 heterocycles. The van der Waals surface area contributed by atoms with Gasteiger partial charge in [0, 0.05) is 25.0 Å². The van der Waals surface area contributed by atoms with Crippen molar-refractivity contribution in [3.8, 4) is 0 Å². The van der Waals surface area contributed by atoms with E-state index in [1.54, 1.807) is 0 Å². The van der Waals surface area contributed by atoms with E-state index in [4.69, 9.17) is 0 Å². The minimum absolute atomic E-state index is 0.0100. The van der Waals surface area contributed by atoms with Crippen LogP contribution >= 0.6 is 0 Å². The molecule has 1 unspecified atom stereocenters. The molecule has 0 amide bonds. The SMILES string of the molecule is CC(C)c1ccc(CN2CCC(O)C(C)(C)C2)cc1. The van der Waals surface area contributed by atoms with E-state index >= 15 is 0 Å². The minimum atomic E-state index is -0.160. The Hall–Kier alpha value is -0.860. The summed E-state index contributed by atoms with van der Waals surface area (Å²) in [4.78, 5) is 2.46. The van der Waals surface area contributed by atoms with E-state index in [2.05, 4.69) is 56.9 Å². The number of nitrogens with zero attached hydrogens (tertiary/aromatic N) is 1. The lowest BCUT2D eigenvalue weighted by Gasteiger charge is -2.41. The Morgan fingerprint density at radius 1 is 1.26 bits per heavy atom. The average molecular weight is 261 g/mol. The summed E-state index contributed by atoms with van der Waals surface area (Å²) in [5.41, 5.74) is 2.78. The molecule has 1 aromatic carbocycles. The summed E-state index contributed by atoms with van der Waals surface area (Å²) in [6.07, 6.45) is 0.726. The van der Waals surface area contributed by atoms with Crippen LogP contribution in [0, 0.1) is 5.41 Å². The van der Waals surface area contributed by atoms with Crippen LogP contribution in [-0.4, -0.2) is 29.2 Å². The molecule has 1 saturated heterocycles. The van der Waals surface area contributed by atoms with Gasteiger partial charge in [-0.1, -0.05) is 52.0 Å². The lowest BCUT2D eigenvalue weighted by molar-refractivity contribution is -0.0270. The average Bonchev–Trinajstić information content (AvgIpc) is 2.34. The van der Waals surface area contributed by atoms with Crippen LogP contribution in [0.3, 0.4) is 0 Å². The summed E-state index contributed by atoms with van der Waals surface area (Å²) in [7, 11) is 0. The predicted molar refractivity (Wildman–Crippen MR) is 80.2 cm³/mol. The highest BCUT2D eigenvalue weighted by atomic mass is 16.3. The minimum Gasteiger partial charge on any atom is -0.392 e. The number of piperidine rings is 1. The second kappa shape index (κ2) is 5.64. The maximum absolute atomic E-state index is 9.99. The van der Waals surface area contributed by atoms with Crippen LogP contribution in [0.1, 0.15) is 51.2 Å². The second-order valence-corrected chi connectivity index (χ2v) is 6.90. The Kier molecular flexibility index (Phi) is 4.32. The number of aliphatic hydroxyl groups is 1. The maximum Gasteiger partial charge on any atom is 0.0615 e. The molecule has 0 aromatic heterocycles. The molecule has 1 fully saturated rings. The van der Waals surface area contributed by atoms with Crippen molar-refractivity contribution >= 4 is 0 Å². The molecule has 0 radical (unpaired) electrons. The van der Waals surface area contributed by atoms with E-state index < -0.39 is 0 Å². The third-order valence-corrected chi connectivity index (χ3v) is 4.30. The van der Waals surface area contributed by atoms with Gasteiger partial charge < -0.3 is 5.11 Å². The third kappa shape index (κ3) is 3.58. The maximum atomic E-state index is 9.99. The van der Waals surface area contributed by atoms with Gasteiger partial charge in [-0.25, -0.2) is 0 Å². The van der Waals surface area contributed by atoms with Gasteiger partial charge in [0.2, 0.25) is 0 Å². The molecular formula is C17H27NO. The quantitative estimate of drug-likeness (QED) is 0.901. The molecule has 0 spiro atoms. The molecule has 1 N–H and O–H groups in total. The number of hydrogen-bond acceptors (Lipinski definition) is 2. The van der Waals surface area contributed by atoms with Crippen LogP contribution in [-0.2, 0) is 6.54 Å². The van der Waals surface area contributed by atoms with Crippen LogP contribution in [0.2, 0.25) is 0 Å². The Balaban J connectivity index is 1.98.